The van der Waals surface area contributed by atoms with Gasteiger partial charge < -0.3 is 25.7 Å². The molecule has 1 saturated heterocycles. The van der Waals surface area contributed by atoms with Gasteiger partial charge in [-0.25, -0.2) is 0 Å². The van der Waals surface area contributed by atoms with Crippen LogP contribution < -0.4 is 16.0 Å². The smallest absolute Gasteiger partial charge is 0.326 e. The molecule has 0 radical (unpaired) electrons. The molecule has 0 aromatic carbocycles. The normalized spacial score (nSPS) is 25.3. The van der Waals surface area contributed by atoms with Crippen molar-refractivity contribution in [2.24, 2.45) is 17.8 Å². The molecule has 0 spiro atoms. The number of nitrogens with one attached hydrogen (secondary N) is 1. The summed E-state index contributed by atoms with van der Waals surface area (Å²) in [7, 11) is -3.98. The van der Waals surface area contributed by atoms with Crippen LogP contribution in [0.25, 0.3) is 0 Å². The maximum atomic E-state index is 11.3. The van der Waals surface area contributed by atoms with Crippen molar-refractivity contribution in [2.45, 2.75) is 109 Å². The van der Waals surface area contributed by atoms with E-state index in [2.05, 4.69) is 27.0 Å². The van der Waals surface area contributed by atoms with E-state index in [9.17, 15) is 14.4 Å². The molecule has 0 unspecified atom stereocenters. The van der Waals surface area contributed by atoms with Gasteiger partial charge in [0.2, 0.25) is 5.95 Å². The molecule has 0 bridgehead atoms. The fourth-order valence-corrected chi connectivity index (χ4v) is 7.66. The molecular formula is C30H55N6O3P. The number of unbranched alkanes of at least 4 members (excludes halogenated alkanes) is 3. The van der Waals surface area contributed by atoms with Crippen molar-refractivity contribution in [3.63, 3.8) is 0 Å². The number of aromatic nitrogens is 2. The number of nitrogen functional groups attached to an aromatic ring is 1. The van der Waals surface area contributed by atoms with E-state index < -0.39 is 7.60 Å². The highest BCUT2D eigenvalue weighted by atomic mass is 31.2. The molecule has 3 aliphatic rings. The van der Waals surface area contributed by atoms with Crippen molar-refractivity contribution < 1.29 is 14.4 Å². The van der Waals surface area contributed by atoms with Crippen LogP contribution in [0, 0.1) is 17.8 Å². The van der Waals surface area contributed by atoms with Gasteiger partial charge >= 0.3 is 7.60 Å². The Balaban J connectivity index is 1.11. The molecule has 40 heavy (non-hydrogen) atoms. The third kappa shape index (κ3) is 10.8. The second-order valence-corrected chi connectivity index (χ2v) is 14.7. The van der Waals surface area contributed by atoms with Gasteiger partial charge in [0.15, 0.2) is 0 Å². The van der Waals surface area contributed by atoms with Crippen LogP contribution in [0.15, 0.2) is 6.07 Å². The van der Waals surface area contributed by atoms with Crippen LogP contribution >= 0.6 is 7.60 Å². The van der Waals surface area contributed by atoms with Crippen LogP contribution in [0.3, 0.4) is 0 Å². The zero-order chi connectivity index (χ0) is 28.4. The summed E-state index contributed by atoms with van der Waals surface area (Å²) in [4.78, 5) is 32.0. The van der Waals surface area contributed by atoms with E-state index in [1.54, 1.807) is 0 Å². The second kappa shape index (κ2) is 15.7. The zero-order valence-corrected chi connectivity index (χ0v) is 25.7. The minimum absolute atomic E-state index is 0.103. The molecule has 4 rings (SSSR count). The Morgan fingerprint density at radius 1 is 0.925 bits per heavy atom. The number of hydrogen-bond donors (Lipinski definition) is 4. The molecule has 10 heteroatoms. The Kier molecular flexibility index (Phi) is 12.4. The third-order valence-corrected chi connectivity index (χ3v) is 10.5. The van der Waals surface area contributed by atoms with Crippen molar-refractivity contribution in [1.82, 2.24) is 14.9 Å². The summed E-state index contributed by atoms with van der Waals surface area (Å²) in [6.07, 6.45) is 21.2. The third-order valence-electron chi connectivity index (χ3n) is 9.71. The molecule has 2 heterocycles. The van der Waals surface area contributed by atoms with E-state index in [0.717, 1.165) is 43.8 Å². The van der Waals surface area contributed by atoms with Crippen molar-refractivity contribution in [3.05, 3.63) is 6.07 Å². The quantitative estimate of drug-likeness (QED) is 0.158. The number of piperazine rings is 1. The number of nitrogens with two attached hydrogens (primary N) is 1. The lowest BCUT2D eigenvalue weighted by Crippen LogP contribution is -2.52. The molecular weight excluding hydrogens is 523 g/mol. The van der Waals surface area contributed by atoms with E-state index in [1.807, 2.05) is 6.07 Å². The van der Waals surface area contributed by atoms with Gasteiger partial charge in [0.1, 0.15) is 11.6 Å². The molecule has 2 saturated carbocycles. The molecule has 3 fully saturated rings. The molecule has 2 aliphatic carbocycles. The first-order valence-corrected chi connectivity index (χ1v) is 18.0. The first kappa shape index (κ1) is 31.5. The summed E-state index contributed by atoms with van der Waals surface area (Å²) < 4.78 is 11.3. The molecule has 1 aliphatic heterocycles. The van der Waals surface area contributed by atoms with Gasteiger partial charge in [-0.2, -0.15) is 9.97 Å². The Hall–Kier alpha value is -1.41. The minimum atomic E-state index is -3.98. The summed E-state index contributed by atoms with van der Waals surface area (Å²) >= 11 is 0. The van der Waals surface area contributed by atoms with Crippen LogP contribution in [-0.4, -0.2) is 69.6 Å². The molecule has 1 aromatic heterocycles. The lowest BCUT2D eigenvalue weighted by atomic mass is 9.79. The largest absolute Gasteiger partial charge is 0.383 e. The van der Waals surface area contributed by atoms with Crippen LogP contribution in [0.1, 0.15) is 103 Å². The molecule has 1 atom stereocenters. The average molecular weight is 579 g/mol. The number of anilines is 3. The maximum absolute atomic E-state index is 11.3. The number of nitrogens with zero attached hydrogens (tertiary/aromatic N) is 4. The summed E-state index contributed by atoms with van der Waals surface area (Å²) in [5, 5.41) is 3.47. The van der Waals surface area contributed by atoms with Gasteiger partial charge in [-0.3, -0.25) is 9.46 Å². The van der Waals surface area contributed by atoms with Crippen LogP contribution in [0.5, 0.6) is 0 Å². The van der Waals surface area contributed by atoms with Crippen molar-refractivity contribution >= 4 is 25.2 Å². The van der Waals surface area contributed by atoms with E-state index in [-0.39, 0.29) is 12.2 Å². The lowest BCUT2D eigenvalue weighted by molar-refractivity contribution is 0.196. The zero-order valence-electron chi connectivity index (χ0n) is 24.9. The topological polar surface area (TPSA) is 128 Å². The highest BCUT2D eigenvalue weighted by Gasteiger charge is 2.27. The number of rotatable bonds is 14. The monoisotopic (exact) mass is 578 g/mol. The summed E-state index contributed by atoms with van der Waals surface area (Å²) in [6, 6.07) is 1.99. The average Bonchev–Trinajstić information content (AvgIpc) is 2.93. The van der Waals surface area contributed by atoms with E-state index in [0.29, 0.717) is 24.2 Å². The highest BCUT2D eigenvalue weighted by Crippen LogP contribution is 2.35. The van der Waals surface area contributed by atoms with Crippen molar-refractivity contribution in [2.75, 3.05) is 54.8 Å². The molecule has 9 nitrogen and oxygen atoms in total. The van der Waals surface area contributed by atoms with E-state index in [1.165, 1.54) is 96.3 Å². The predicted molar refractivity (Wildman–Crippen MR) is 165 cm³/mol. The highest BCUT2D eigenvalue weighted by molar-refractivity contribution is 7.51. The van der Waals surface area contributed by atoms with E-state index in [4.69, 9.17) is 10.7 Å². The molecule has 0 amide bonds. The Morgan fingerprint density at radius 3 is 2.23 bits per heavy atom. The minimum Gasteiger partial charge on any atom is -0.383 e. The van der Waals surface area contributed by atoms with Gasteiger partial charge in [0.05, 0.1) is 6.16 Å². The molecule has 1 aromatic rings. The lowest BCUT2D eigenvalue weighted by Gasteiger charge is -2.40. The first-order valence-electron chi connectivity index (χ1n) is 16.2. The van der Waals surface area contributed by atoms with Crippen LogP contribution in [-0.2, 0) is 4.57 Å². The fourth-order valence-electron chi connectivity index (χ4n) is 7.14. The van der Waals surface area contributed by atoms with E-state index >= 15 is 0 Å². The SMILES string of the molecule is C[C@H]1CN(c2cc(N)nc(NCC3CCC(CCCCCCC4CCCCC4)CC3)n2)CCN1CCP(=O)(O)O. The summed E-state index contributed by atoms with van der Waals surface area (Å²) in [6.45, 7) is 5.60. The van der Waals surface area contributed by atoms with Gasteiger partial charge in [-0.1, -0.05) is 83.5 Å². The summed E-state index contributed by atoms with van der Waals surface area (Å²) in [5.74, 6) is 4.49. The second-order valence-electron chi connectivity index (χ2n) is 13.0. The van der Waals surface area contributed by atoms with Crippen molar-refractivity contribution in [3.8, 4) is 0 Å². The van der Waals surface area contributed by atoms with Crippen LogP contribution in [0.4, 0.5) is 17.6 Å². The Labute approximate surface area is 242 Å². The predicted octanol–water partition coefficient (Wildman–Crippen LogP) is 5.89. The van der Waals surface area contributed by atoms with Gasteiger partial charge in [0.25, 0.3) is 0 Å². The summed E-state index contributed by atoms with van der Waals surface area (Å²) in [5.41, 5.74) is 6.15. The van der Waals surface area contributed by atoms with Gasteiger partial charge in [0, 0.05) is 44.8 Å². The molecule has 5 N–H and O–H groups in total. The Bertz CT molecular complexity index is 932. The van der Waals surface area contributed by atoms with Gasteiger partial charge in [-0.15, -0.1) is 0 Å². The van der Waals surface area contributed by atoms with Gasteiger partial charge in [-0.05, 0) is 37.5 Å². The first-order chi connectivity index (χ1) is 19.2. The molecule has 228 valence electrons. The Morgan fingerprint density at radius 2 is 1.57 bits per heavy atom. The van der Waals surface area contributed by atoms with Crippen molar-refractivity contribution in [1.29, 1.82) is 0 Å². The van der Waals surface area contributed by atoms with Crippen LogP contribution in [0.2, 0.25) is 0 Å². The standard InChI is InChI=1S/C30H55N6O3P/c1-24-23-36(18-17-35(24)19-20-40(37,38)39)29-21-28(31)33-30(34-29)32-22-27-15-13-26(14-16-27)12-6-3-2-5-9-25-10-7-4-8-11-25/h21,24-27H,2-20,22-23H2,1H3,(H2,37,38,39)(H3,31,32,33,34)/t24-,26?,27?/m0/s1. The fraction of sp³-hybridized carbons (Fsp3) is 0.867. The number of hydrogen-bond acceptors (Lipinski definition) is 7. The maximum Gasteiger partial charge on any atom is 0.326 e.